The van der Waals surface area contributed by atoms with Crippen LogP contribution in [0.25, 0.3) is 11.3 Å². The third kappa shape index (κ3) is 2.80. The summed E-state index contributed by atoms with van der Waals surface area (Å²) in [6.07, 6.45) is 5.18. The number of benzene rings is 1. The fraction of sp³-hybridized carbons (Fsp3) is 0. The van der Waals surface area contributed by atoms with Gasteiger partial charge >= 0.3 is 0 Å². The third-order valence-corrected chi connectivity index (χ3v) is 2.87. The minimum atomic E-state index is -0.250. The van der Waals surface area contributed by atoms with Crippen molar-refractivity contribution in [1.82, 2.24) is 9.97 Å². The normalized spacial score (nSPS) is 10.2. The highest BCUT2D eigenvalue weighted by atomic mass is 19.1. The van der Waals surface area contributed by atoms with Gasteiger partial charge in [0.15, 0.2) is 0 Å². The van der Waals surface area contributed by atoms with Crippen molar-refractivity contribution in [3.8, 4) is 11.3 Å². The largest absolute Gasteiger partial charge is 0.355 e. The Hall–Kier alpha value is -2.75. The predicted octanol–water partition coefficient (Wildman–Crippen LogP) is 4.03. The first kappa shape index (κ1) is 12.3. The number of halogens is 1. The predicted molar refractivity (Wildman–Crippen MR) is 77.2 cm³/mol. The highest BCUT2D eigenvalue weighted by Gasteiger charge is 2.01. The molecular weight excluding hydrogens is 253 g/mol. The smallest absolute Gasteiger partial charge is 0.123 e. The Morgan fingerprint density at radius 2 is 1.50 bits per heavy atom. The molecule has 1 aromatic carbocycles. The van der Waals surface area contributed by atoms with Gasteiger partial charge in [-0.1, -0.05) is 0 Å². The zero-order valence-electron chi connectivity index (χ0n) is 10.6. The molecule has 0 aliphatic heterocycles. The molecule has 0 atom stereocenters. The lowest BCUT2D eigenvalue weighted by atomic mass is 10.1. The summed E-state index contributed by atoms with van der Waals surface area (Å²) in [6.45, 7) is 0. The van der Waals surface area contributed by atoms with Crippen LogP contribution < -0.4 is 5.32 Å². The van der Waals surface area contributed by atoms with Crippen LogP contribution in [0.1, 0.15) is 0 Å². The maximum atomic E-state index is 12.9. The average Bonchev–Trinajstić information content (AvgIpc) is 2.49. The van der Waals surface area contributed by atoms with Gasteiger partial charge in [0.05, 0.1) is 5.69 Å². The van der Waals surface area contributed by atoms with Crippen LogP contribution in [-0.2, 0) is 0 Å². The summed E-state index contributed by atoms with van der Waals surface area (Å²) < 4.78 is 12.9. The second-order valence-electron chi connectivity index (χ2n) is 4.30. The molecule has 3 aromatic rings. The number of hydrogen-bond donors (Lipinski definition) is 1. The van der Waals surface area contributed by atoms with E-state index in [-0.39, 0.29) is 5.82 Å². The van der Waals surface area contributed by atoms with Crippen molar-refractivity contribution in [2.24, 2.45) is 0 Å². The molecule has 4 heteroatoms. The first-order valence-electron chi connectivity index (χ1n) is 6.20. The summed E-state index contributed by atoms with van der Waals surface area (Å²) in [5, 5.41) is 3.27. The highest BCUT2D eigenvalue weighted by Crippen LogP contribution is 2.22. The van der Waals surface area contributed by atoms with Crippen molar-refractivity contribution >= 4 is 11.4 Å². The number of aromatic nitrogens is 2. The summed E-state index contributed by atoms with van der Waals surface area (Å²) in [5.74, 6) is -0.250. The molecule has 1 N–H and O–H groups in total. The van der Waals surface area contributed by atoms with Gasteiger partial charge in [-0.3, -0.25) is 9.97 Å². The number of nitrogens with zero attached hydrogens (tertiary/aromatic N) is 2. The van der Waals surface area contributed by atoms with Crippen LogP contribution in [0.2, 0.25) is 0 Å². The lowest BCUT2D eigenvalue weighted by molar-refractivity contribution is 0.628. The fourth-order valence-electron chi connectivity index (χ4n) is 1.89. The van der Waals surface area contributed by atoms with Gasteiger partial charge in [0, 0.05) is 35.5 Å². The van der Waals surface area contributed by atoms with E-state index in [1.165, 1.54) is 12.1 Å². The van der Waals surface area contributed by atoms with Crippen molar-refractivity contribution in [3.05, 3.63) is 72.9 Å². The maximum absolute atomic E-state index is 12.9. The zero-order chi connectivity index (χ0) is 13.8. The first-order chi connectivity index (χ1) is 9.81. The Labute approximate surface area is 116 Å². The van der Waals surface area contributed by atoms with E-state index in [2.05, 4.69) is 15.3 Å². The zero-order valence-corrected chi connectivity index (χ0v) is 10.6. The molecule has 0 aliphatic rings. The molecular formula is C16H12FN3. The summed E-state index contributed by atoms with van der Waals surface area (Å²) >= 11 is 0. The van der Waals surface area contributed by atoms with Crippen molar-refractivity contribution < 1.29 is 4.39 Å². The molecule has 0 saturated heterocycles. The van der Waals surface area contributed by atoms with E-state index in [4.69, 9.17) is 0 Å². The standard InChI is InChI=1S/C16H12FN3/c17-13-3-1-12(2-4-13)16-11-15(7-10-19-16)20-14-5-8-18-9-6-14/h1-11H,(H,18,19,20). The van der Waals surface area contributed by atoms with Gasteiger partial charge in [-0.05, 0) is 48.5 Å². The van der Waals surface area contributed by atoms with Crippen LogP contribution in [0.3, 0.4) is 0 Å². The van der Waals surface area contributed by atoms with Gasteiger partial charge in [0.2, 0.25) is 0 Å². The average molecular weight is 265 g/mol. The second kappa shape index (κ2) is 5.48. The monoisotopic (exact) mass is 265 g/mol. The van der Waals surface area contributed by atoms with Crippen LogP contribution in [0.5, 0.6) is 0 Å². The quantitative estimate of drug-likeness (QED) is 0.777. The van der Waals surface area contributed by atoms with Crippen LogP contribution in [-0.4, -0.2) is 9.97 Å². The van der Waals surface area contributed by atoms with Crippen LogP contribution in [0.4, 0.5) is 15.8 Å². The van der Waals surface area contributed by atoms with Gasteiger partial charge in [-0.2, -0.15) is 0 Å². The number of nitrogens with one attached hydrogen (secondary N) is 1. The van der Waals surface area contributed by atoms with E-state index >= 15 is 0 Å². The second-order valence-corrected chi connectivity index (χ2v) is 4.30. The maximum Gasteiger partial charge on any atom is 0.123 e. The van der Waals surface area contributed by atoms with Crippen LogP contribution >= 0.6 is 0 Å². The molecule has 0 fully saturated rings. The van der Waals surface area contributed by atoms with Crippen molar-refractivity contribution in [2.75, 3.05) is 5.32 Å². The molecule has 0 spiro atoms. The van der Waals surface area contributed by atoms with Crippen LogP contribution in [0.15, 0.2) is 67.1 Å². The number of pyridine rings is 2. The third-order valence-electron chi connectivity index (χ3n) is 2.87. The van der Waals surface area contributed by atoms with E-state index in [1.54, 1.807) is 30.7 Å². The topological polar surface area (TPSA) is 37.8 Å². The van der Waals surface area contributed by atoms with Crippen LogP contribution in [0, 0.1) is 5.82 Å². The van der Waals surface area contributed by atoms with E-state index in [1.807, 2.05) is 24.3 Å². The molecule has 0 saturated carbocycles. The van der Waals surface area contributed by atoms with Crippen molar-refractivity contribution in [1.29, 1.82) is 0 Å². The Bertz CT molecular complexity index is 696. The Morgan fingerprint density at radius 1 is 0.800 bits per heavy atom. The van der Waals surface area contributed by atoms with Gasteiger partial charge in [0.25, 0.3) is 0 Å². The molecule has 0 radical (unpaired) electrons. The van der Waals surface area contributed by atoms with Gasteiger partial charge in [-0.25, -0.2) is 4.39 Å². The molecule has 0 bridgehead atoms. The summed E-state index contributed by atoms with van der Waals surface area (Å²) in [5.41, 5.74) is 3.55. The summed E-state index contributed by atoms with van der Waals surface area (Å²) in [7, 11) is 0. The van der Waals surface area contributed by atoms with E-state index in [9.17, 15) is 4.39 Å². The van der Waals surface area contributed by atoms with E-state index < -0.39 is 0 Å². The minimum absolute atomic E-state index is 0.250. The molecule has 20 heavy (non-hydrogen) atoms. The number of rotatable bonds is 3. The highest BCUT2D eigenvalue weighted by molar-refractivity contribution is 5.67. The summed E-state index contributed by atoms with van der Waals surface area (Å²) in [4.78, 5) is 8.28. The molecule has 3 nitrogen and oxygen atoms in total. The first-order valence-corrected chi connectivity index (χ1v) is 6.20. The molecule has 0 amide bonds. The molecule has 98 valence electrons. The molecule has 3 rings (SSSR count). The lowest BCUT2D eigenvalue weighted by Gasteiger charge is -2.07. The number of hydrogen-bond acceptors (Lipinski definition) is 3. The van der Waals surface area contributed by atoms with Crippen molar-refractivity contribution in [3.63, 3.8) is 0 Å². The molecule has 0 aliphatic carbocycles. The number of anilines is 2. The SMILES string of the molecule is Fc1ccc(-c2cc(Nc3ccncc3)ccn2)cc1. The van der Waals surface area contributed by atoms with Gasteiger partial charge in [-0.15, -0.1) is 0 Å². The minimum Gasteiger partial charge on any atom is -0.355 e. The van der Waals surface area contributed by atoms with E-state index in [0.29, 0.717) is 0 Å². The van der Waals surface area contributed by atoms with Gasteiger partial charge in [0.1, 0.15) is 5.82 Å². The fourth-order valence-corrected chi connectivity index (χ4v) is 1.89. The Balaban J connectivity index is 1.88. The van der Waals surface area contributed by atoms with Gasteiger partial charge < -0.3 is 5.32 Å². The summed E-state index contributed by atoms with van der Waals surface area (Å²) in [6, 6.07) is 13.9. The van der Waals surface area contributed by atoms with E-state index in [0.717, 1.165) is 22.6 Å². The molecule has 2 aromatic heterocycles. The molecule has 2 heterocycles. The molecule has 0 unspecified atom stereocenters. The Morgan fingerprint density at radius 3 is 2.25 bits per heavy atom. The van der Waals surface area contributed by atoms with Crippen molar-refractivity contribution in [2.45, 2.75) is 0 Å². The lowest BCUT2D eigenvalue weighted by Crippen LogP contribution is -1.92. The Kier molecular flexibility index (Phi) is 3.37.